The molecule has 3 nitrogen and oxygen atoms in total. The highest BCUT2D eigenvalue weighted by atomic mass is 16.5. The van der Waals surface area contributed by atoms with Crippen molar-refractivity contribution in [1.29, 1.82) is 0 Å². The predicted molar refractivity (Wildman–Crippen MR) is 59.2 cm³/mol. The molecular formula is C12H17NO2. The minimum absolute atomic E-state index is 0.467. The Morgan fingerprint density at radius 3 is 2.13 bits per heavy atom. The topological polar surface area (TPSA) is 52.3 Å². The van der Waals surface area contributed by atoms with E-state index < -0.39 is 11.3 Å². The van der Waals surface area contributed by atoms with Crippen LogP contribution in [-0.2, 0) is 15.3 Å². The van der Waals surface area contributed by atoms with Crippen LogP contribution in [0, 0.1) is 0 Å². The zero-order chi connectivity index (χ0) is 11.5. The molecule has 0 spiro atoms. The number of hydrogen-bond acceptors (Lipinski definition) is 3. The Morgan fingerprint density at radius 2 is 1.73 bits per heavy atom. The molecule has 0 radical (unpaired) electrons. The molecule has 0 aromatic heterocycles. The van der Waals surface area contributed by atoms with Crippen LogP contribution < -0.4 is 5.73 Å². The van der Waals surface area contributed by atoms with Gasteiger partial charge in [-0.05, 0) is 20.8 Å². The molecule has 0 bridgehead atoms. The summed E-state index contributed by atoms with van der Waals surface area (Å²) in [5, 5.41) is 0. The van der Waals surface area contributed by atoms with Gasteiger partial charge < -0.3 is 4.74 Å². The molecular weight excluding hydrogens is 190 g/mol. The Balaban J connectivity index is 3.01. The molecule has 1 aromatic rings. The lowest BCUT2D eigenvalue weighted by Gasteiger charge is -2.32. The molecule has 1 rings (SSSR count). The SMILES string of the molecule is CC(C)(C)OC(N)(C=O)c1ccccc1. The Kier molecular flexibility index (Phi) is 3.27. The van der Waals surface area contributed by atoms with Crippen molar-refractivity contribution in [1.82, 2.24) is 0 Å². The van der Waals surface area contributed by atoms with E-state index in [0.29, 0.717) is 11.8 Å². The van der Waals surface area contributed by atoms with Crippen molar-refractivity contribution in [2.75, 3.05) is 0 Å². The van der Waals surface area contributed by atoms with Crippen LogP contribution in [0.2, 0.25) is 0 Å². The first-order chi connectivity index (χ1) is 6.87. The largest absolute Gasteiger partial charge is 0.344 e. The summed E-state index contributed by atoms with van der Waals surface area (Å²) in [5.41, 5.74) is 4.75. The van der Waals surface area contributed by atoms with Crippen molar-refractivity contribution in [2.24, 2.45) is 5.73 Å². The lowest BCUT2D eigenvalue weighted by Crippen LogP contribution is -2.46. The lowest BCUT2D eigenvalue weighted by molar-refractivity contribution is -0.154. The summed E-state index contributed by atoms with van der Waals surface area (Å²) >= 11 is 0. The van der Waals surface area contributed by atoms with Gasteiger partial charge in [0.2, 0.25) is 0 Å². The third-order valence-electron chi connectivity index (χ3n) is 1.88. The molecule has 15 heavy (non-hydrogen) atoms. The number of carbonyl (C=O) groups excluding carboxylic acids is 1. The van der Waals surface area contributed by atoms with E-state index in [1.807, 2.05) is 39.0 Å². The average molecular weight is 207 g/mol. The fourth-order valence-electron chi connectivity index (χ4n) is 1.36. The van der Waals surface area contributed by atoms with Gasteiger partial charge >= 0.3 is 0 Å². The number of rotatable bonds is 3. The number of benzene rings is 1. The summed E-state index contributed by atoms with van der Waals surface area (Å²) in [6, 6.07) is 9.07. The molecule has 0 saturated heterocycles. The van der Waals surface area contributed by atoms with Crippen molar-refractivity contribution in [3.63, 3.8) is 0 Å². The van der Waals surface area contributed by atoms with Crippen LogP contribution in [0.5, 0.6) is 0 Å². The third kappa shape index (κ3) is 3.15. The first-order valence-electron chi connectivity index (χ1n) is 4.88. The zero-order valence-corrected chi connectivity index (χ0v) is 9.36. The zero-order valence-electron chi connectivity index (χ0n) is 9.36. The smallest absolute Gasteiger partial charge is 0.199 e. The Morgan fingerprint density at radius 1 is 1.20 bits per heavy atom. The molecule has 1 aromatic carbocycles. The quantitative estimate of drug-likeness (QED) is 0.607. The highest BCUT2D eigenvalue weighted by Crippen LogP contribution is 2.23. The lowest BCUT2D eigenvalue weighted by atomic mass is 10.0. The molecule has 0 aliphatic carbocycles. The van der Waals surface area contributed by atoms with E-state index in [9.17, 15) is 4.79 Å². The number of carbonyl (C=O) groups is 1. The minimum atomic E-state index is -1.36. The third-order valence-corrected chi connectivity index (χ3v) is 1.88. The van der Waals surface area contributed by atoms with Crippen LogP contribution >= 0.6 is 0 Å². The van der Waals surface area contributed by atoms with Crippen LogP contribution in [0.15, 0.2) is 30.3 Å². The number of ether oxygens (including phenoxy) is 1. The van der Waals surface area contributed by atoms with Gasteiger partial charge in [-0.25, -0.2) is 0 Å². The molecule has 0 aliphatic heterocycles. The van der Waals surface area contributed by atoms with Crippen molar-refractivity contribution in [3.8, 4) is 0 Å². The Hall–Kier alpha value is -1.19. The molecule has 1 atom stereocenters. The maximum atomic E-state index is 11.1. The van der Waals surface area contributed by atoms with Gasteiger partial charge in [0.1, 0.15) is 0 Å². The van der Waals surface area contributed by atoms with Crippen LogP contribution in [0.1, 0.15) is 26.3 Å². The highest BCUT2D eigenvalue weighted by molar-refractivity contribution is 5.65. The van der Waals surface area contributed by atoms with Crippen molar-refractivity contribution in [2.45, 2.75) is 32.1 Å². The number of nitrogens with two attached hydrogens (primary N) is 1. The van der Waals surface area contributed by atoms with Crippen LogP contribution in [-0.4, -0.2) is 11.9 Å². The molecule has 3 heteroatoms. The van der Waals surface area contributed by atoms with Crippen LogP contribution in [0.3, 0.4) is 0 Å². The second kappa shape index (κ2) is 4.13. The van der Waals surface area contributed by atoms with Crippen molar-refractivity contribution >= 4 is 6.29 Å². The standard InChI is InChI=1S/C12H17NO2/c1-11(2,3)15-12(13,9-14)10-7-5-4-6-8-10/h4-9H,13H2,1-3H3. The summed E-state index contributed by atoms with van der Waals surface area (Å²) in [7, 11) is 0. The maximum absolute atomic E-state index is 11.1. The molecule has 0 saturated carbocycles. The predicted octanol–water partition coefficient (Wildman–Crippen LogP) is 1.81. The minimum Gasteiger partial charge on any atom is -0.344 e. The van der Waals surface area contributed by atoms with Gasteiger partial charge in [0.25, 0.3) is 0 Å². The van der Waals surface area contributed by atoms with E-state index in [1.165, 1.54) is 0 Å². The summed E-state index contributed by atoms with van der Waals surface area (Å²) in [5.74, 6) is 0. The second-order valence-electron chi connectivity index (χ2n) is 4.49. The first kappa shape index (κ1) is 11.9. The summed E-state index contributed by atoms with van der Waals surface area (Å²) in [6.45, 7) is 5.59. The van der Waals surface area contributed by atoms with E-state index in [1.54, 1.807) is 12.1 Å². The first-order valence-corrected chi connectivity index (χ1v) is 4.88. The summed E-state index contributed by atoms with van der Waals surface area (Å²) < 4.78 is 5.57. The van der Waals surface area contributed by atoms with Gasteiger partial charge in [0.05, 0.1) is 5.60 Å². The molecule has 0 heterocycles. The van der Waals surface area contributed by atoms with Gasteiger partial charge in [-0.15, -0.1) is 0 Å². The molecule has 2 N–H and O–H groups in total. The second-order valence-corrected chi connectivity index (χ2v) is 4.49. The Labute approximate surface area is 90.2 Å². The average Bonchev–Trinajstić information content (AvgIpc) is 2.16. The Bertz CT molecular complexity index is 329. The van der Waals surface area contributed by atoms with Crippen LogP contribution in [0.25, 0.3) is 0 Å². The van der Waals surface area contributed by atoms with Gasteiger partial charge in [0, 0.05) is 5.56 Å². The van der Waals surface area contributed by atoms with Gasteiger partial charge in [-0.2, -0.15) is 0 Å². The molecule has 0 fully saturated rings. The van der Waals surface area contributed by atoms with E-state index in [-0.39, 0.29) is 0 Å². The summed E-state index contributed by atoms with van der Waals surface area (Å²) in [6.07, 6.45) is 0.633. The van der Waals surface area contributed by atoms with E-state index in [0.717, 1.165) is 0 Å². The molecule has 1 unspecified atom stereocenters. The van der Waals surface area contributed by atoms with E-state index >= 15 is 0 Å². The van der Waals surface area contributed by atoms with Crippen LogP contribution in [0.4, 0.5) is 0 Å². The normalized spacial score (nSPS) is 15.7. The van der Waals surface area contributed by atoms with Crippen molar-refractivity contribution in [3.05, 3.63) is 35.9 Å². The van der Waals surface area contributed by atoms with Gasteiger partial charge in [0.15, 0.2) is 12.0 Å². The molecule has 0 amide bonds. The maximum Gasteiger partial charge on any atom is 0.199 e. The van der Waals surface area contributed by atoms with Gasteiger partial charge in [-0.3, -0.25) is 10.5 Å². The monoisotopic (exact) mass is 207 g/mol. The van der Waals surface area contributed by atoms with Gasteiger partial charge in [-0.1, -0.05) is 30.3 Å². The fraction of sp³-hybridized carbons (Fsp3) is 0.417. The number of hydrogen-bond donors (Lipinski definition) is 1. The summed E-state index contributed by atoms with van der Waals surface area (Å²) in [4.78, 5) is 11.1. The van der Waals surface area contributed by atoms with E-state index in [2.05, 4.69) is 0 Å². The van der Waals surface area contributed by atoms with Crippen molar-refractivity contribution < 1.29 is 9.53 Å². The fourth-order valence-corrected chi connectivity index (χ4v) is 1.36. The highest BCUT2D eigenvalue weighted by Gasteiger charge is 2.32. The molecule has 82 valence electrons. The molecule has 0 aliphatic rings. The number of aldehydes is 1. The van der Waals surface area contributed by atoms with E-state index in [4.69, 9.17) is 10.5 Å².